The van der Waals surface area contributed by atoms with Crippen molar-refractivity contribution in [3.63, 3.8) is 0 Å². The fourth-order valence-corrected chi connectivity index (χ4v) is 3.55. The van der Waals surface area contributed by atoms with E-state index < -0.39 is 6.09 Å². The van der Waals surface area contributed by atoms with Gasteiger partial charge in [-0.1, -0.05) is 12.1 Å². The number of aromatic nitrogens is 4. The molecule has 1 saturated heterocycles. The van der Waals surface area contributed by atoms with E-state index in [1.807, 2.05) is 30.3 Å². The number of aromatic amines is 1. The molecule has 0 unspecified atom stereocenters. The lowest BCUT2D eigenvalue weighted by Crippen LogP contribution is -2.37. The molecule has 2 aromatic heterocycles. The van der Waals surface area contributed by atoms with Gasteiger partial charge in [0.1, 0.15) is 11.6 Å². The van der Waals surface area contributed by atoms with E-state index in [1.54, 1.807) is 24.4 Å². The maximum absolute atomic E-state index is 11.1. The Morgan fingerprint density at radius 1 is 1.12 bits per heavy atom. The molecular formula is C22H21N7O3. The van der Waals surface area contributed by atoms with Gasteiger partial charge in [-0.3, -0.25) is 5.10 Å². The van der Waals surface area contributed by atoms with Crippen LogP contribution in [0.4, 0.5) is 22.2 Å². The number of amides is 1. The Labute approximate surface area is 183 Å². The van der Waals surface area contributed by atoms with Crippen molar-refractivity contribution < 1.29 is 14.3 Å². The third kappa shape index (κ3) is 4.30. The summed E-state index contributed by atoms with van der Waals surface area (Å²) in [7, 11) is 0. The molecule has 1 fully saturated rings. The van der Waals surface area contributed by atoms with Crippen LogP contribution in [0.25, 0.3) is 22.2 Å². The number of nitrogens with two attached hydrogens (primary N) is 1. The fraction of sp³-hybridized carbons (Fsp3) is 0.182. The van der Waals surface area contributed by atoms with Crippen LogP contribution in [-0.4, -0.2) is 52.6 Å². The average molecular weight is 431 g/mol. The Morgan fingerprint density at radius 3 is 2.84 bits per heavy atom. The Balaban J connectivity index is 1.53. The van der Waals surface area contributed by atoms with E-state index in [-0.39, 0.29) is 0 Å². The van der Waals surface area contributed by atoms with Crippen LogP contribution in [0.2, 0.25) is 0 Å². The van der Waals surface area contributed by atoms with Gasteiger partial charge in [0.05, 0.1) is 30.6 Å². The number of benzene rings is 2. The third-order valence-corrected chi connectivity index (χ3v) is 5.07. The molecule has 3 heterocycles. The van der Waals surface area contributed by atoms with Crippen molar-refractivity contribution in [3.8, 4) is 17.0 Å². The first-order valence-electron chi connectivity index (χ1n) is 10.1. The van der Waals surface area contributed by atoms with Gasteiger partial charge in [-0.05, 0) is 30.3 Å². The van der Waals surface area contributed by atoms with Crippen molar-refractivity contribution >= 4 is 34.4 Å². The zero-order valence-electron chi connectivity index (χ0n) is 17.1. The van der Waals surface area contributed by atoms with Crippen LogP contribution in [0.3, 0.4) is 0 Å². The molecule has 32 heavy (non-hydrogen) atoms. The van der Waals surface area contributed by atoms with E-state index in [9.17, 15) is 4.79 Å². The van der Waals surface area contributed by atoms with Crippen LogP contribution < -0.4 is 20.7 Å². The van der Waals surface area contributed by atoms with Gasteiger partial charge in [0, 0.05) is 35.8 Å². The number of fused-ring (bicyclic) bond motifs is 1. The zero-order valence-corrected chi connectivity index (χ0v) is 17.1. The highest BCUT2D eigenvalue weighted by molar-refractivity contribution is 5.83. The lowest BCUT2D eigenvalue weighted by atomic mass is 10.1. The lowest BCUT2D eigenvalue weighted by Gasteiger charge is -2.27. The van der Waals surface area contributed by atoms with Crippen molar-refractivity contribution in [3.05, 3.63) is 54.7 Å². The maximum atomic E-state index is 11.1. The van der Waals surface area contributed by atoms with Gasteiger partial charge in [-0.15, -0.1) is 0 Å². The summed E-state index contributed by atoms with van der Waals surface area (Å²) in [6.45, 7) is 2.65. The van der Waals surface area contributed by atoms with Crippen LogP contribution >= 0.6 is 0 Å². The minimum absolute atomic E-state index is 0.349. The minimum atomic E-state index is -0.865. The number of nitrogens with one attached hydrogen (secondary N) is 2. The second-order valence-corrected chi connectivity index (χ2v) is 7.28. The van der Waals surface area contributed by atoms with Gasteiger partial charge >= 0.3 is 6.09 Å². The van der Waals surface area contributed by atoms with Crippen molar-refractivity contribution in [1.82, 2.24) is 20.2 Å². The highest BCUT2D eigenvalue weighted by Crippen LogP contribution is 2.28. The summed E-state index contributed by atoms with van der Waals surface area (Å²) in [5, 5.41) is 11.4. The number of morpholine rings is 1. The van der Waals surface area contributed by atoms with E-state index in [2.05, 4.69) is 20.4 Å². The Kier molecular flexibility index (Phi) is 5.26. The molecule has 2 aromatic carbocycles. The number of hydrogen-bond donors (Lipinski definition) is 3. The molecule has 0 radical (unpaired) electrons. The van der Waals surface area contributed by atoms with Crippen molar-refractivity contribution in [2.45, 2.75) is 0 Å². The number of carbonyl (C=O) groups is 1. The normalized spacial score (nSPS) is 13.8. The number of hydrogen-bond acceptors (Lipinski definition) is 8. The van der Waals surface area contributed by atoms with Gasteiger partial charge in [0.2, 0.25) is 5.95 Å². The molecule has 0 spiro atoms. The largest absolute Gasteiger partial charge is 0.410 e. The summed E-state index contributed by atoms with van der Waals surface area (Å²) < 4.78 is 10.5. The second kappa shape index (κ2) is 8.52. The number of primary amides is 1. The number of anilines is 3. The number of rotatable bonds is 5. The van der Waals surface area contributed by atoms with Crippen LogP contribution in [0.1, 0.15) is 0 Å². The number of carbonyl (C=O) groups excluding carboxylic acids is 1. The fourth-order valence-electron chi connectivity index (χ4n) is 3.55. The Bertz CT molecular complexity index is 1270. The first-order valence-corrected chi connectivity index (χ1v) is 10.1. The molecule has 10 heteroatoms. The average Bonchev–Trinajstić information content (AvgIpc) is 3.27. The van der Waals surface area contributed by atoms with Crippen LogP contribution in [0.5, 0.6) is 5.75 Å². The van der Waals surface area contributed by atoms with Gasteiger partial charge in [0.25, 0.3) is 0 Å². The standard InChI is InChI=1S/C22H21N7O3/c23-21(30)32-17-3-1-2-14(11-17)19-12-20(27-22(26-19)29-6-8-31-9-7-29)25-16-4-5-18-15(10-16)13-24-28-18/h1-5,10-13H,6-9H2,(H2,23,30)(H,24,28)(H,25,26,27). The number of ether oxygens (including phenoxy) is 2. The van der Waals surface area contributed by atoms with Gasteiger partial charge in [-0.25, -0.2) is 9.78 Å². The molecule has 4 aromatic rings. The van der Waals surface area contributed by atoms with E-state index in [0.29, 0.717) is 49.5 Å². The van der Waals surface area contributed by atoms with E-state index >= 15 is 0 Å². The van der Waals surface area contributed by atoms with Crippen LogP contribution in [0, 0.1) is 0 Å². The van der Waals surface area contributed by atoms with Gasteiger partial charge in [-0.2, -0.15) is 10.1 Å². The van der Waals surface area contributed by atoms with E-state index in [4.69, 9.17) is 25.2 Å². The highest BCUT2D eigenvalue weighted by atomic mass is 16.5. The number of H-pyrrole nitrogens is 1. The summed E-state index contributed by atoms with van der Waals surface area (Å²) >= 11 is 0. The molecular weight excluding hydrogens is 410 g/mol. The topological polar surface area (TPSA) is 131 Å². The van der Waals surface area contributed by atoms with Crippen LogP contribution in [-0.2, 0) is 4.74 Å². The summed E-state index contributed by atoms with van der Waals surface area (Å²) in [5.74, 6) is 1.58. The molecule has 0 saturated carbocycles. The SMILES string of the molecule is NC(=O)Oc1cccc(-c2cc(Nc3ccc4[nH]ncc4c3)nc(N3CCOCC3)n2)c1. The number of nitrogens with zero attached hydrogens (tertiary/aromatic N) is 4. The molecule has 4 N–H and O–H groups in total. The Morgan fingerprint density at radius 2 is 2.00 bits per heavy atom. The van der Waals surface area contributed by atoms with Crippen molar-refractivity contribution in [2.24, 2.45) is 5.73 Å². The first kappa shape index (κ1) is 19.8. The predicted molar refractivity (Wildman–Crippen MR) is 120 cm³/mol. The molecule has 0 bridgehead atoms. The molecule has 10 nitrogen and oxygen atoms in total. The smallest absolute Gasteiger partial charge is 0.409 e. The highest BCUT2D eigenvalue weighted by Gasteiger charge is 2.17. The summed E-state index contributed by atoms with van der Waals surface area (Å²) in [6.07, 6.45) is 0.908. The van der Waals surface area contributed by atoms with Gasteiger partial charge in [0.15, 0.2) is 0 Å². The van der Waals surface area contributed by atoms with Gasteiger partial charge < -0.3 is 25.4 Å². The zero-order chi connectivity index (χ0) is 21.9. The Hall–Kier alpha value is -4.18. The van der Waals surface area contributed by atoms with Crippen LogP contribution in [0.15, 0.2) is 54.7 Å². The predicted octanol–water partition coefficient (Wildman–Crippen LogP) is 3.06. The van der Waals surface area contributed by atoms with E-state index in [1.165, 1.54) is 0 Å². The third-order valence-electron chi connectivity index (χ3n) is 5.07. The second-order valence-electron chi connectivity index (χ2n) is 7.28. The molecule has 1 amide bonds. The molecule has 0 atom stereocenters. The molecule has 5 rings (SSSR count). The summed E-state index contributed by atoms with van der Waals surface area (Å²) in [4.78, 5) is 22.7. The molecule has 162 valence electrons. The van der Waals surface area contributed by atoms with Crippen molar-refractivity contribution in [2.75, 3.05) is 36.5 Å². The molecule has 0 aliphatic carbocycles. The molecule has 1 aliphatic rings. The maximum Gasteiger partial charge on any atom is 0.409 e. The minimum Gasteiger partial charge on any atom is -0.410 e. The van der Waals surface area contributed by atoms with Crippen molar-refractivity contribution in [1.29, 1.82) is 0 Å². The summed E-state index contributed by atoms with van der Waals surface area (Å²) in [6, 6.07) is 14.8. The van der Waals surface area contributed by atoms with E-state index in [0.717, 1.165) is 22.2 Å². The first-order chi connectivity index (χ1) is 15.6. The lowest BCUT2D eigenvalue weighted by molar-refractivity contribution is 0.122. The molecule has 1 aliphatic heterocycles. The summed E-state index contributed by atoms with van der Waals surface area (Å²) in [5.41, 5.74) is 8.45. The quantitative estimate of drug-likeness (QED) is 0.439. The monoisotopic (exact) mass is 431 g/mol.